The molecule has 0 aromatic heterocycles. The van der Waals surface area contributed by atoms with E-state index in [4.69, 9.17) is 4.74 Å². The maximum absolute atomic E-state index is 12.1. The summed E-state index contributed by atoms with van der Waals surface area (Å²) in [6.45, 7) is 2.35. The van der Waals surface area contributed by atoms with E-state index in [2.05, 4.69) is 0 Å². The molecule has 1 heterocycles. The van der Waals surface area contributed by atoms with E-state index in [1.54, 1.807) is 55.5 Å². The molecule has 2 aromatic rings. The highest BCUT2D eigenvalue weighted by atomic mass is 16.5. The van der Waals surface area contributed by atoms with Gasteiger partial charge >= 0.3 is 5.97 Å². The molecule has 116 valence electrons. The van der Waals surface area contributed by atoms with Gasteiger partial charge in [-0.05, 0) is 36.8 Å². The van der Waals surface area contributed by atoms with Crippen molar-refractivity contribution in [2.45, 2.75) is 13.5 Å². The van der Waals surface area contributed by atoms with E-state index < -0.39 is 11.7 Å². The third kappa shape index (κ3) is 2.73. The van der Waals surface area contributed by atoms with Crippen molar-refractivity contribution in [1.82, 2.24) is 0 Å². The molecule has 0 saturated carbocycles. The number of Topliss-reactive ketones (excluding diaryl/α,β-unsaturated/α-hetero) is 1. The molecule has 0 atom stereocenters. The van der Waals surface area contributed by atoms with Gasteiger partial charge in [0.2, 0.25) is 0 Å². The van der Waals surface area contributed by atoms with Crippen molar-refractivity contribution in [3.63, 3.8) is 0 Å². The summed E-state index contributed by atoms with van der Waals surface area (Å²) in [4.78, 5) is 37.2. The molecule has 5 heteroatoms. The fourth-order valence-corrected chi connectivity index (χ4v) is 2.55. The Morgan fingerprint density at radius 2 is 1.74 bits per heavy atom. The van der Waals surface area contributed by atoms with E-state index in [1.807, 2.05) is 0 Å². The summed E-state index contributed by atoms with van der Waals surface area (Å²) in [5.74, 6) is -1.39. The second-order valence-electron chi connectivity index (χ2n) is 5.15. The minimum absolute atomic E-state index is 0.282. The van der Waals surface area contributed by atoms with Gasteiger partial charge in [0, 0.05) is 0 Å². The Labute approximate surface area is 133 Å². The fraction of sp³-hybridized carbons (Fsp3) is 0.167. The van der Waals surface area contributed by atoms with Gasteiger partial charge in [0.25, 0.3) is 11.7 Å². The largest absolute Gasteiger partial charge is 0.462 e. The summed E-state index contributed by atoms with van der Waals surface area (Å²) in [6.07, 6.45) is 0. The van der Waals surface area contributed by atoms with E-state index in [1.165, 1.54) is 4.90 Å². The van der Waals surface area contributed by atoms with E-state index in [9.17, 15) is 14.4 Å². The van der Waals surface area contributed by atoms with Crippen LogP contribution < -0.4 is 4.90 Å². The molecule has 0 N–H and O–H groups in total. The molecule has 0 fully saturated rings. The fourth-order valence-electron chi connectivity index (χ4n) is 2.55. The van der Waals surface area contributed by atoms with Crippen LogP contribution in [-0.4, -0.2) is 24.3 Å². The number of anilines is 1. The third-order valence-corrected chi connectivity index (χ3v) is 3.68. The Morgan fingerprint density at radius 3 is 2.43 bits per heavy atom. The van der Waals surface area contributed by atoms with Gasteiger partial charge in [-0.3, -0.25) is 9.59 Å². The number of ether oxygens (including phenoxy) is 1. The summed E-state index contributed by atoms with van der Waals surface area (Å²) >= 11 is 0. The van der Waals surface area contributed by atoms with Gasteiger partial charge in [-0.2, -0.15) is 0 Å². The molecule has 0 radical (unpaired) electrons. The van der Waals surface area contributed by atoms with E-state index in [-0.39, 0.29) is 12.5 Å². The zero-order chi connectivity index (χ0) is 16.4. The predicted octanol–water partition coefficient (Wildman–Crippen LogP) is 2.59. The van der Waals surface area contributed by atoms with Crippen molar-refractivity contribution in [2.24, 2.45) is 0 Å². The van der Waals surface area contributed by atoms with Crippen LogP contribution in [0.3, 0.4) is 0 Å². The maximum atomic E-state index is 12.1. The molecule has 1 aliphatic heterocycles. The number of fused-ring (bicyclic) bond motifs is 1. The van der Waals surface area contributed by atoms with Crippen molar-refractivity contribution in [1.29, 1.82) is 0 Å². The molecule has 1 aliphatic rings. The van der Waals surface area contributed by atoms with Crippen molar-refractivity contribution in [2.75, 3.05) is 11.5 Å². The molecule has 1 amide bonds. The van der Waals surface area contributed by atoms with Crippen molar-refractivity contribution in [3.05, 3.63) is 65.2 Å². The molecule has 23 heavy (non-hydrogen) atoms. The van der Waals surface area contributed by atoms with Gasteiger partial charge in [-0.15, -0.1) is 0 Å². The number of carbonyl (C=O) groups is 3. The first-order chi connectivity index (χ1) is 11.1. The quantitative estimate of drug-likeness (QED) is 0.643. The summed E-state index contributed by atoms with van der Waals surface area (Å²) in [5, 5.41) is 0. The van der Waals surface area contributed by atoms with E-state index >= 15 is 0 Å². The first-order valence-electron chi connectivity index (χ1n) is 7.33. The molecule has 5 nitrogen and oxygen atoms in total. The number of para-hydroxylation sites is 1. The molecule has 0 bridgehead atoms. The lowest BCUT2D eigenvalue weighted by Gasteiger charge is -2.16. The predicted molar refractivity (Wildman–Crippen MR) is 84.4 cm³/mol. The number of benzene rings is 2. The van der Waals surface area contributed by atoms with Crippen LogP contribution in [0.25, 0.3) is 0 Å². The highest BCUT2D eigenvalue weighted by Gasteiger charge is 2.35. The Hall–Kier alpha value is -2.95. The number of hydrogen-bond acceptors (Lipinski definition) is 4. The highest BCUT2D eigenvalue weighted by molar-refractivity contribution is 6.52. The lowest BCUT2D eigenvalue weighted by Crippen LogP contribution is -2.29. The van der Waals surface area contributed by atoms with Crippen LogP contribution in [-0.2, 0) is 16.1 Å². The van der Waals surface area contributed by atoms with E-state index in [0.717, 1.165) is 5.56 Å². The highest BCUT2D eigenvalue weighted by Crippen LogP contribution is 2.29. The van der Waals surface area contributed by atoms with Gasteiger partial charge in [0.1, 0.15) is 0 Å². The molecule has 0 spiro atoms. The number of carbonyl (C=O) groups excluding carboxylic acids is 3. The van der Waals surface area contributed by atoms with E-state index in [0.29, 0.717) is 23.4 Å². The molecular formula is C18H15NO4. The molecular weight excluding hydrogens is 294 g/mol. The van der Waals surface area contributed by atoms with Gasteiger partial charge in [-0.1, -0.05) is 24.3 Å². The summed E-state index contributed by atoms with van der Waals surface area (Å²) in [5.41, 5.74) is 2.34. The molecule has 2 aromatic carbocycles. The standard InChI is InChI=1S/C18H15NO4/c1-2-23-18(22)13-9-7-12(8-10-13)11-19-15-6-4-3-5-14(15)16(20)17(19)21/h3-10H,2,11H2,1H3. The third-order valence-electron chi connectivity index (χ3n) is 3.68. The zero-order valence-electron chi connectivity index (χ0n) is 12.6. The second-order valence-corrected chi connectivity index (χ2v) is 5.15. The van der Waals surface area contributed by atoms with Crippen LogP contribution >= 0.6 is 0 Å². The molecule has 3 rings (SSSR count). The lowest BCUT2D eigenvalue weighted by molar-refractivity contribution is -0.114. The lowest BCUT2D eigenvalue weighted by atomic mass is 10.1. The van der Waals surface area contributed by atoms with Crippen molar-refractivity contribution in [3.8, 4) is 0 Å². The Morgan fingerprint density at radius 1 is 1.04 bits per heavy atom. The number of nitrogens with zero attached hydrogens (tertiary/aromatic N) is 1. The minimum Gasteiger partial charge on any atom is -0.462 e. The molecule has 0 aliphatic carbocycles. The average molecular weight is 309 g/mol. The number of ketones is 1. The van der Waals surface area contributed by atoms with Crippen molar-refractivity contribution < 1.29 is 19.1 Å². The smallest absolute Gasteiger partial charge is 0.338 e. The first kappa shape index (κ1) is 15.0. The number of hydrogen-bond donors (Lipinski definition) is 0. The first-order valence-corrected chi connectivity index (χ1v) is 7.33. The van der Waals surface area contributed by atoms with Crippen LogP contribution in [0.2, 0.25) is 0 Å². The van der Waals surface area contributed by atoms with Gasteiger partial charge in [-0.25, -0.2) is 4.79 Å². The molecule has 0 saturated heterocycles. The normalized spacial score (nSPS) is 13.2. The van der Waals surface area contributed by atoms with Crippen LogP contribution in [0.5, 0.6) is 0 Å². The number of amides is 1. The SMILES string of the molecule is CCOC(=O)c1ccc(CN2C(=O)C(=O)c3ccccc32)cc1. The van der Waals surface area contributed by atoms with Gasteiger partial charge in [0.15, 0.2) is 0 Å². The summed E-state index contributed by atoms with van der Waals surface area (Å²) in [6, 6.07) is 13.8. The van der Waals surface area contributed by atoms with Crippen LogP contribution in [0.15, 0.2) is 48.5 Å². The topological polar surface area (TPSA) is 63.7 Å². The van der Waals surface area contributed by atoms with Crippen molar-refractivity contribution >= 4 is 23.3 Å². The average Bonchev–Trinajstić information content (AvgIpc) is 2.81. The Balaban J connectivity index is 1.81. The number of esters is 1. The van der Waals surface area contributed by atoms with Crippen LogP contribution in [0, 0.1) is 0 Å². The zero-order valence-corrected chi connectivity index (χ0v) is 12.6. The van der Waals surface area contributed by atoms with Gasteiger partial charge < -0.3 is 9.64 Å². The summed E-state index contributed by atoms with van der Waals surface area (Å²) < 4.78 is 4.93. The number of rotatable bonds is 4. The molecule has 0 unspecified atom stereocenters. The monoisotopic (exact) mass is 309 g/mol. The Kier molecular flexibility index (Phi) is 3.93. The second kappa shape index (κ2) is 6.04. The Bertz CT molecular complexity index is 780. The van der Waals surface area contributed by atoms with Crippen LogP contribution in [0.4, 0.5) is 5.69 Å². The maximum Gasteiger partial charge on any atom is 0.338 e. The van der Waals surface area contributed by atoms with Crippen LogP contribution in [0.1, 0.15) is 33.2 Å². The summed E-state index contributed by atoms with van der Waals surface area (Å²) in [7, 11) is 0. The van der Waals surface area contributed by atoms with Gasteiger partial charge in [0.05, 0.1) is 30.0 Å². The minimum atomic E-state index is -0.527.